The van der Waals surface area contributed by atoms with Gasteiger partial charge in [0.1, 0.15) is 0 Å². The van der Waals surface area contributed by atoms with Gasteiger partial charge in [0.15, 0.2) is 0 Å². The molecular weight excluding hydrogens is 234 g/mol. The highest BCUT2D eigenvalue weighted by Crippen LogP contribution is 2.26. The molecule has 0 bridgehead atoms. The van der Waals surface area contributed by atoms with Crippen molar-refractivity contribution in [2.45, 2.75) is 58.4 Å². The molecule has 1 N–H and O–H groups in total. The van der Waals surface area contributed by atoms with Gasteiger partial charge in [0.2, 0.25) is 5.91 Å². The molecule has 0 spiro atoms. The van der Waals surface area contributed by atoms with E-state index in [-0.39, 0.29) is 5.91 Å². The molecule has 0 aliphatic heterocycles. The van der Waals surface area contributed by atoms with Crippen molar-refractivity contribution in [3.05, 3.63) is 35.4 Å². The topological polar surface area (TPSA) is 29.1 Å². The molecule has 2 heteroatoms. The van der Waals surface area contributed by atoms with Crippen LogP contribution in [0, 0.1) is 5.92 Å². The number of hydrogen-bond acceptors (Lipinski definition) is 1. The second kappa shape index (κ2) is 7.32. The highest BCUT2D eigenvalue weighted by molar-refractivity contribution is 5.76. The minimum Gasteiger partial charge on any atom is -0.352 e. The van der Waals surface area contributed by atoms with Gasteiger partial charge >= 0.3 is 0 Å². The van der Waals surface area contributed by atoms with Crippen LogP contribution in [0.5, 0.6) is 0 Å². The fraction of sp³-hybridized carbons (Fsp3) is 0.588. The summed E-state index contributed by atoms with van der Waals surface area (Å²) in [5.74, 6) is 0.838. The van der Waals surface area contributed by atoms with E-state index in [1.54, 1.807) is 0 Å². The van der Waals surface area contributed by atoms with Crippen LogP contribution in [-0.2, 0) is 17.8 Å². The molecule has 0 atom stereocenters. The third-order valence-corrected chi connectivity index (χ3v) is 4.09. The molecule has 19 heavy (non-hydrogen) atoms. The number of nitrogens with one attached hydrogen (secondary N) is 1. The van der Waals surface area contributed by atoms with E-state index < -0.39 is 0 Å². The molecule has 2 nitrogen and oxygen atoms in total. The van der Waals surface area contributed by atoms with Crippen molar-refractivity contribution < 1.29 is 4.79 Å². The molecule has 1 aromatic rings. The number of hydrogen-bond donors (Lipinski definition) is 1. The van der Waals surface area contributed by atoms with Crippen molar-refractivity contribution in [2.24, 2.45) is 5.92 Å². The Balaban J connectivity index is 1.76. The smallest absolute Gasteiger partial charge is 0.220 e. The van der Waals surface area contributed by atoms with Crippen LogP contribution in [0.25, 0.3) is 0 Å². The molecule has 0 radical (unpaired) electrons. The lowest BCUT2D eigenvalue weighted by molar-refractivity contribution is -0.122. The summed E-state index contributed by atoms with van der Waals surface area (Å²) in [6, 6.07) is 8.47. The summed E-state index contributed by atoms with van der Waals surface area (Å²) < 4.78 is 0. The second-order valence-corrected chi connectivity index (χ2v) is 5.66. The lowest BCUT2D eigenvalue weighted by Gasteiger charge is -2.20. The SMILES string of the molecule is CCc1cccc(CNC(=O)CC2CCCCC2)c1. The second-order valence-electron chi connectivity index (χ2n) is 5.66. The fourth-order valence-corrected chi connectivity index (χ4v) is 2.89. The summed E-state index contributed by atoms with van der Waals surface area (Å²) in [6.45, 7) is 2.82. The Labute approximate surface area is 116 Å². The zero-order valence-corrected chi connectivity index (χ0v) is 12.0. The molecule has 1 aliphatic carbocycles. The largest absolute Gasteiger partial charge is 0.352 e. The van der Waals surface area contributed by atoms with E-state index in [2.05, 4.69) is 36.5 Å². The van der Waals surface area contributed by atoms with E-state index in [1.807, 2.05) is 0 Å². The van der Waals surface area contributed by atoms with Gasteiger partial charge in [0.05, 0.1) is 0 Å². The first kappa shape index (κ1) is 14.1. The average Bonchev–Trinajstić information content (AvgIpc) is 2.46. The van der Waals surface area contributed by atoms with E-state index >= 15 is 0 Å². The Kier molecular flexibility index (Phi) is 5.44. The number of carbonyl (C=O) groups excluding carboxylic acids is 1. The molecule has 0 heterocycles. The number of carbonyl (C=O) groups is 1. The van der Waals surface area contributed by atoms with Gasteiger partial charge < -0.3 is 5.32 Å². The third kappa shape index (κ3) is 4.70. The van der Waals surface area contributed by atoms with Gasteiger partial charge in [-0.05, 0) is 36.3 Å². The standard InChI is InChI=1S/C17H25NO/c1-2-14-9-6-10-16(11-14)13-18-17(19)12-15-7-4-3-5-8-15/h6,9-11,15H,2-5,7-8,12-13H2,1H3,(H,18,19). The molecule has 1 saturated carbocycles. The molecule has 1 amide bonds. The van der Waals surface area contributed by atoms with Gasteiger partial charge in [-0.2, -0.15) is 0 Å². The number of benzene rings is 1. The maximum Gasteiger partial charge on any atom is 0.220 e. The van der Waals surface area contributed by atoms with E-state index in [0.717, 1.165) is 6.42 Å². The fourth-order valence-electron chi connectivity index (χ4n) is 2.89. The van der Waals surface area contributed by atoms with Gasteiger partial charge in [0, 0.05) is 13.0 Å². The first-order valence-corrected chi connectivity index (χ1v) is 7.62. The molecule has 0 unspecified atom stereocenters. The normalized spacial score (nSPS) is 16.3. The highest BCUT2D eigenvalue weighted by Gasteiger charge is 2.16. The van der Waals surface area contributed by atoms with Gasteiger partial charge in [-0.1, -0.05) is 50.5 Å². The molecular formula is C17H25NO. The van der Waals surface area contributed by atoms with Crippen LogP contribution in [0.15, 0.2) is 24.3 Å². The third-order valence-electron chi connectivity index (χ3n) is 4.09. The maximum absolute atomic E-state index is 11.9. The minimum atomic E-state index is 0.216. The van der Waals surface area contributed by atoms with Gasteiger partial charge in [0.25, 0.3) is 0 Å². The van der Waals surface area contributed by atoms with Crippen molar-refractivity contribution in [3.8, 4) is 0 Å². The van der Waals surface area contributed by atoms with E-state index in [0.29, 0.717) is 18.9 Å². The van der Waals surface area contributed by atoms with E-state index in [1.165, 1.54) is 43.2 Å². The van der Waals surface area contributed by atoms with Crippen molar-refractivity contribution >= 4 is 5.91 Å². The summed E-state index contributed by atoms with van der Waals surface area (Å²) in [6.07, 6.45) is 8.18. The van der Waals surface area contributed by atoms with Crippen LogP contribution < -0.4 is 5.32 Å². The average molecular weight is 259 g/mol. The van der Waals surface area contributed by atoms with Gasteiger partial charge in [-0.3, -0.25) is 4.79 Å². The monoisotopic (exact) mass is 259 g/mol. The predicted octanol–water partition coefficient (Wildman–Crippen LogP) is 3.84. The minimum absolute atomic E-state index is 0.216. The number of aryl methyl sites for hydroxylation is 1. The Hall–Kier alpha value is -1.31. The van der Waals surface area contributed by atoms with Crippen LogP contribution in [-0.4, -0.2) is 5.91 Å². The van der Waals surface area contributed by atoms with Gasteiger partial charge in [-0.15, -0.1) is 0 Å². The van der Waals surface area contributed by atoms with Crippen molar-refractivity contribution in [1.82, 2.24) is 5.32 Å². The lowest BCUT2D eigenvalue weighted by Crippen LogP contribution is -2.25. The summed E-state index contributed by atoms with van der Waals surface area (Å²) in [7, 11) is 0. The zero-order valence-electron chi connectivity index (χ0n) is 12.0. The maximum atomic E-state index is 11.9. The Bertz CT molecular complexity index is 407. The molecule has 1 aliphatic rings. The van der Waals surface area contributed by atoms with Crippen molar-refractivity contribution in [3.63, 3.8) is 0 Å². The Morgan fingerprint density at radius 3 is 2.68 bits per heavy atom. The summed E-state index contributed by atoms with van der Waals surface area (Å²) in [5, 5.41) is 3.06. The lowest BCUT2D eigenvalue weighted by atomic mass is 9.87. The van der Waals surface area contributed by atoms with Crippen LogP contribution in [0.2, 0.25) is 0 Å². The number of rotatable bonds is 5. The number of amides is 1. The van der Waals surface area contributed by atoms with Crippen LogP contribution in [0.3, 0.4) is 0 Å². The van der Waals surface area contributed by atoms with Crippen LogP contribution in [0.1, 0.15) is 56.6 Å². The van der Waals surface area contributed by atoms with E-state index in [9.17, 15) is 4.79 Å². The Morgan fingerprint density at radius 2 is 1.95 bits per heavy atom. The molecule has 104 valence electrons. The van der Waals surface area contributed by atoms with Crippen molar-refractivity contribution in [1.29, 1.82) is 0 Å². The van der Waals surface area contributed by atoms with Crippen molar-refractivity contribution in [2.75, 3.05) is 0 Å². The zero-order chi connectivity index (χ0) is 13.5. The quantitative estimate of drug-likeness (QED) is 0.855. The van der Waals surface area contributed by atoms with Gasteiger partial charge in [-0.25, -0.2) is 0 Å². The first-order valence-electron chi connectivity index (χ1n) is 7.62. The highest BCUT2D eigenvalue weighted by atomic mass is 16.1. The molecule has 0 saturated heterocycles. The Morgan fingerprint density at radius 1 is 1.21 bits per heavy atom. The molecule has 2 rings (SSSR count). The summed E-state index contributed by atoms with van der Waals surface area (Å²) in [5.41, 5.74) is 2.54. The summed E-state index contributed by atoms with van der Waals surface area (Å²) in [4.78, 5) is 11.9. The van der Waals surface area contributed by atoms with Crippen LogP contribution >= 0.6 is 0 Å². The van der Waals surface area contributed by atoms with E-state index in [4.69, 9.17) is 0 Å². The predicted molar refractivity (Wildman–Crippen MR) is 78.9 cm³/mol. The molecule has 1 aromatic carbocycles. The first-order chi connectivity index (χ1) is 9.28. The molecule has 0 aromatic heterocycles. The van der Waals surface area contributed by atoms with Crippen LogP contribution in [0.4, 0.5) is 0 Å². The molecule has 1 fully saturated rings. The summed E-state index contributed by atoms with van der Waals surface area (Å²) >= 11 is 0.